The molecule has 2 heterocycles. The van der Waals surface area contributed by atoms with E-state index in [9.17, 15) is 0 Å². The van der Waals surface area contributed by atoms with Crippen molar-refractivity contribution in [2.75, 3.05) is 13.6 Å². The van der Waals surface area contributed by atoms with Crippen LogP contribution in [0, 0.1) is 0 Å². The van der Waals surface area contributed by atoms with Crippen molar-refractivity contribution in [1.82, 2.24) is 25.1 Å². The van der Waals surface area contributed by atoms with Crippen LogP contribution < -0.4 is 0 Å². The van der Waals surface area contributed by atoms with E-state index in [-0.39, 0.29) is 0 Å². The van der Waals surface area contributed by atoms with E-state index in [2.05, 4.69) is 45.0 Å². The highest BCUT2D eigenvalue weighted by Gasteiger charge is 2.08. The van der Waals surface area contributed by atoms with Gasteiger partial charge in [-0.25, -0.2) is 0 Å². The minimum atomic E-state index is 0.872. The summed E-state index contributed by atoms with van der Waals surface area (Å²) in [4.78, 5) is 3.74. The van der Waals surface area contributed by atoms with Crippen LogP contribution in [0.5, 0.6) is 0 Å². The fraction of sp³-hybridized carbons (Fsp3) is 0.312. The molecule has 3 aromatic rings. The van der Waals surface area contributed by atoms with Crippen molar-refractivity contribution >= 4 is 11.3 Å². The Hall–Kier alpha value is -2.05. The second-order valence-corrected chi connectivity index (χ2v) is 6.30. The summed E-state index contributed by atoms with van der Waals surface area (Å²) < 4.78 is 1.82. The van der Waals surface area contributed by atoms with Crippen molar-refractivity contribution in [3.63, 3.8) is 0 Å². The van der Waals surface area contributed by atoms with E-state index in [1.165, 1.54) is 4.88 Å². The van der Waals surface area contributed by atoms with Gasteiger partial charge >= 0.3 is 0 Å². The van der Waals surface area contributed by atoms with Crippen LogP contribution in [0.1, 0.15) is 17.1 Å². The van der Waals surface area contributed by atoms with Gasteiger partial charge in [-0.1, -0.05) is 24.3 Å². The summed E-state index contributed by atoms with van der Waals surface area (Å²) in [6.45, 7) is 2.03. The van der Waals surface area contributed by atoms with Crippen molar-refractivity contribution in [1.29, 1.82) is 0 Å². The van der Waals surface area contributed by atoms with E-state index >= 15 is 0 Å². The monoisotopic (exact) mass is 313 g/mol. The number of rotatable bonds is 7. The first kappa shape index (κ1) is 14.9. The Kier molecular flexibility index (Phi) is 4.92. The molecule has 3 rings (SSSR count). The topological polar surface area (TPSA) is 46.8 Å². The predicted molar refractivity (Wildman–Crippen MR) is 88.1 cm³/mol. The molecule has 0 bridgehead atoms. The molecule has 0 amide bonds. The van der Waals surface area contributed by atoms with Gasteiger partial charge in [0.2, 0.25) is 0 Å². The second kappa shape index (κ2) is 7.29. The molecule has 22 heavy (non-hydrogen) atoms. The number of hydrogen-bond donors (Lipinski definition) is 0. The van der Waals surface area contributed by atoms with E-state index in [1.54, 1.807) is 11.3 Å². The number of tetrazole rings is 1. The summed E-state index contributed by atoms with van der Waals surface area (Å²) in [6, 6.07) is 14.3. The zero-order chi connectivity index (χ0) is 15.2. The Morgan fingerprint density at radius 3 is 2.77 bits per heavy atom. The lowest BCUT2D eigenvalue weighted by atomic mass is 10.2. The maximum Gasteiger partial charge on any atom is 0.156 e. The fourth-order valence-electron chi connectivity index (χ4n) is 2.39. The van der Waals surface area contributed by atoms with Gasteiger partial charge in [0.15, 0.2) is 5.82 Å². The largest absolute Gasteiger partial charge is 0.301 e. The van der Waals surface area contributed by atoms with E-state index in [1.807, 2.05) is 35.0 Å². The molecule has 114 valence electrons. The number of benzene rings is 1. The minimum Gasteiger partial charge on any atom is -0.301 e. The molecule has 0 saturated heterocycles. The SMILES string of the molecule is CN(CCCc1nnnn1-c1ccccc1)Cc1cccs1. The number of aromatic nitrogens is 4. The van der Waals surface area contributed by atoms with Gasteiger partial charge in [-0.2, -0.15) is 4.68 Å². The molecule has 0 aliphatic rings. The van der Waals surface area contributed by atoms with Crippen molar-refractivity contribution in [2.45, 2.75) is 19.4 Å². The Bertz CT molecular complexity index is 678. The molecule has 0 atom stereocenters. The van der Waals surface area contributed by atoms with Gasteiger partial charge in [0.05, 0.1) is 5.69 Å². The summed E-state index contributed by atoms with van der Waals surface area (Å²) in [5.41, 5.74) is 1.01. The first-order valence-corrected chi connectivity index (χ1v) is 8.24. The number of thiophene rings is 1. The Labute approximate surface area is 134 Å². The van der Waals surface area contributed by atoms with Crippen molar-refractivity contribution in [3.05, 3.63) is 58.5 Å². The standard InChI is InChI=1S/C16H19N5S/c1-20(13-15-9-6-12-22-15)11-5-10-16-17-18-19-21(16)14-7-3-2-4-8-14/h2-4,6-9,12H,5,10-11,13H2,1H3. The molecular formula is C16H19N5S. The quantitative estimate of drug-likeness (QED) is 0.673. The van der Waals surface area contributed by atoms with Crippen LogP contribution in [0.2, 0.25) is 0 Å². The van der Waals surface area contributed by atoms with Crippen molar-refractivity contribution in [3.8, 4) is 5.69 Å². The van der Waals surface area contributed by atoms with Crippen LogP contribution in [-0.4, -0.2) is 38.7 Å². The molecule has 0 fully saturated rings. The van der Waals surface area contributed by atoms with Gasteiger partial charge in [-0.15, -0.1) is 16.4 Å². The highest BCUT2D eigenvalue weighted by Crippen LogP contribution is 2.12. The van der Waals surface area contributed by atoms with Crippen LogP contribution in [-0.2, 0) is 13.0 Å². The number of hydrogen-bond acceptors (Lipinski definition) is 5. The third kappa shape index (κ3) is 3.78. The van der Waals surface area contributed by atoms with E-state index in [4.69, 9.17) is 0 Å². The van der Waals surface area contributed by atoms with E-state index in [0.717, 1.165) is 37.4 Å². The molecule has 0 spiro atoms. The van der Waals surface area contributed by atoms with Gasteiger partial charge in [0.25, 0.3) is 0 Å². The summed E-state index contributed by atoms with van der Waals surface area (Å²) in [7, 11) is 2.15. The molecular weight excluding hydrogens is 294 g/mol. The number of para-hydroxylation sites is 1. The summed E-state index contributed by atoms with van der Waals surface area (Å²) >= 11 is 1.80. The number of nitrogens with zero attached hydrogens (tertiary/aromatic N) is 5. The maximum atomic E-state index is 4.15. The smallest absolute Gasteiger partial charge is 0.156 e. The minimum absolute atomic E-state index is 0.872. The van der Waals surface area contributed by atoms with Gasteiger partial charge in [-0.3, -0.25) is 0 Å². The highest BCUT2D eigenvalue weighted by molar-refractivity contribution is 7.09. The molecule has 2 aromatic heterocycles. The summed E-state index contributed by atoms with van der Waals surface area (Å²) in [5.74, 6) is 0.913. The van der Waals surface area contributed by atoms with Gasteiger partial charge in [-0.05, 0) is 54.0 Å². The molecule has 6 heteroatoms. The van der Waals surface area contributed by atoms with Crippen LogP contribution >= 0.6 is 11.3 Å². The number of aryl methyl sites for hydroxylation is 1. The average molecular weight is 313 g/mol. The second-order valence-electron chi connectivity index (χ2n) is 5.26. The molecule has 0 unspecified atom stereocenters. The first-order chi connectivity index (χ1) is 10.8. The third-order valence-corrected chi connectivity index (χ3v) is 4.34. The van der Waals surface area contributed by atoms with Crippen LogP contribution in [0.25, 0.3) is 5.69 Å². The van der Waals surface area contributed by atoms with Crippen molar-refractivity contribution < 1.29 is 0 Å². The molecule has 0 saturated carbocycles. The molecule has 0 aliphatic heterocycles. The maximum absolute atomic E-state index is 4.15. The molecule has 1 aromatic carbocycles. The molecule has 5 nitrogen and oxygen atoms in total. The first-order valence-electron chi connectivity index (χ1n) is 7.36. The lowest BCUT2D eigenvalue weighted by Gasteiger charge is -2.15. The van der Waals surface area contributed by atoms with E-state index in [0.29, 0.717) is 0 Å². The summed E-state index contributed by atoms with van der Waals surface area (Å²) in [5, 5.41) is 14.2. The lowest BCUT2D eigenvalue weighted by Crippen LogP contribution is -2.19. The van der Waals surface area contributed by atoms with Crippen LogP contribution in [0.4, 0.5) is 0 Å². The molecule has 0 aliphatic carbocycles. The lowest BCUT2D eigenvalue weighted by molar-refractivity contribution is 0.323. The third-order valence-electron chi connectivity index (χ3n) is 3.48. The van der Waals surface area contributed by atoms with Gasteiger partial charge < -0.3 is 4.90 Å². The molecule has 0 radical (unpaired) electrons. The Morgan fingerprint density at radius 2 is 2.00 bits per heavy atom. The zero-order valence-electron chi connectivity index (χ0n) is 12.6. The summed E-state index contributed by atoms with van der Waals surface area (Å²) in [6.07, 6.45) is 1.91. The van der Waals surface area contributed by atoms with Crippen molar-refractivity contribution in [2.24, 2.45) is 0 Å². The van der Waals surface area contributed by atoms with Gasteiger partial charge in [0.1, 0.15) is 0 Å². The van der Waals surface area contributed by atoms with E-state index < -0.39 is 0 Å². The van der Waals surface area contributed by atoms with Gasteiger partial charge in [0, 0.05) is 17.8 Å². The highest BCUT2D eigenvalue weighted by atomic mass is 32.1. The normalized spacial score (nSPS) is 11.2. The van der Waals surface area contributed by atoms with Crippen LogP contribution in [0.3, 0.4) is 0 Å². The Balaban J connectivity index is 1.53. The molecule has 0 N–H and O–H groups in total. The Morgan fingerprint density at radius 1 is 1.14 bits per heavy atom. The van der Waals surface area contributed by atoms with Crippen LogP contribution in [0.15, 0.2) is 47.8 Å². The fourth-order valence-corrected chi connectivity index (χ4v) is 3.17. The predicted octanol–water partition coefficient (Wildman–Crippen LogP) is 2.79. The zero-order valence-corrected chi connectivity index (χ0v) is 13.4. The average Bonchev–Trinajstić information content (AvgIpc) is 3.20.